The fraction of sp³-hybridized carbons (Fsp3) is 0.360. The third-order valence-electron chi connectivity index (χ3n) is 5.51. The predicted octanol–water partition coefficient (Wildman–Crippen LogP) is 4.36. The van der Waals surface area contributed by atoms with Crippen LogP contribution in [0.15, 0.2) is 48.5 Å². The lowest BCUT2D eigenvalue weighted by molar-refractivity contribution is -0.116. The summed E-state index contributed by atoms with van der Waals surface area (Å²) in [5, 5.41) is 7.66. The number of ether oxygens (including phenoxy) is 2. The summed E-state index contributed by atoms with van der Waals surface area (Å²) in [5.41, 5.74) is 4.58. The van der Waals surface area contributed by atoms with E-state index in [9.17, 15) is 4.79 Å². The zero-order chi connectivity index (χ0) is 23.1. The molecule has 0 bridgehead atoms. The minimum Gasteiger partial charge on any atom is -0.493 e. The Hall–Kier alpha value is -3.32. The average Bonchev–Trinajstić information content (AvgIpc) is 3.10. The van der Waals surface area contributed by atoms with Gasteiger partial charge >= 0.3 is 0 Å². The normalized spacial score (nSPS) is 10.9. The first-order chi connectivity index (χ1) is 15.5. The van der Waals surface area contributed by atoms with Gasteiger partial charge in [0, 0.05) is 19.5 Å². The first-order valence-electron chi connectivity index (χ1n) is 10.8. The summed E-state index contributed by atoms with van der Waals surface area (Å²) in [6.45, 7) is 8.20. The molecule has 170 valence electrons. The number of benzene rings is 2. The van der Waals surface area contributed by atoms with Crippen molar-refractivity contribution in [3.05, 3.63) is 65.5 Å². The molecule has 0 fully saturated rings. The van der Waals surface area contributed by atoms with Crippen LogP contribution in [0.5, 0.6) is 11.5 Å². The van der Waals surface area contributed by atoms with Crippen LogP contribution in [0.25, 0.3) is 5.69 Å². The summed E-state index contributed by atoms with van der Waals surface area (Å²) in [5.74, 6) is 1.40. The summed E-state index contributed by atoms with van der Waals surface area (Å²) >= 11 is 0. The van der Waals surface area contributed by atoms with E-state index >= 15 is 0 Å². The highest BCUT2D eigenvalue weighted by molar-refractivity contribution is 5.92. The summed E-state index contributed by atoms with van der Waals surface area (Å²) in [7, 11) is 3.26. The molecule has 3 rings (SSSR count). The van der Waals surface area contributed by atoms with Crippen molar-refractivity contribution in [2.24, 2.45) is 0 Å². The maximum absolute atomic E-state index is 12.7. The number of carbonyl (C=O) groups excluding carboxylic acids is 1. The van der Waals surface area contributed by atoms with Gasteiger partial charge in [0.25, 0.3) is 0 Å². The van der Waals surface area contributed by atoms with Gasteiger partial charge in [0.15, 0.2) is 11.5 Å². The lowest BCUT2D eigenvalue weighted by Crippen LogP contribution is -2.27. The summed E-state index contributed by atoms with van der Waals surface area (Å²) in [4.78, 5) is 14.9. The van der Waals surface area contributed by atoms with Gasteiger partial charge in [-0.25, -0.2) is 4.68 Å². The maximum atomic E-state index is 12.7. The molecule has 0 aliphatic heterocycles. The zero-order valence-electron chi connectivity index (χ0n) is 19.5. The molecule has 1 heterocycles. The molecule has 1 aromatic heterocycles. The first kappa shape index (κ1) is 23.3. The molecule has 0 spiro atoms. The van der Waals surface area contributed by atoms with Gasteiger partial charge in [-0.1, -0.05) is 31.2 Å². The van der Waals surface area contributed by atoms with Gasteiger partial charge in [0.2, 0.25) is 5.91 Å². The van der Waals surface area contributed by atoms with Crippen LogP contribution in [0.4, 0.5) is 5.69 Å². The van der Waals surface area contributed by atoms with Crippen LogP contribution in [0, 0.1) is 13.8 Å². The minimum absolute atomic E-state index is 0.0189. The minimum atomic E-state index is -0.0189. The van der Waals surface area contributed by atoms with E-state index in [-0.39, 0.29) is 5.91 Å². The molecule has 0 saturated heterocycles. The van der Waals surface area contributed by atoms with Crippen molar-refractivity contribution in [3.8, 4) is 17.2 Å². The van der Waals surface area contributed by atoms with E-state index in [1.54, 1.807) is 14.2 Å². The van der Waals surface area contributed by atoms with Crippen LogP contribution in [0.2, 0.25) is 0 Å². The Balaban J connectivity index is 1.61. The molecular formula is C25H32N4O3. The number of rotatable bonds is 10. The number of carbonyl (C=O) groups is 1. The largest absolute Gasteiger partial charge is 0.493 e. The van der Waals surface area contributed by atoms with Gasteiger partial charge in [-0.3, -0.25) is 9.69 Å². The van der Waals surface area contributed by atoms with Gasteiger partial charge in [-0.2, -0.15) is 5.10 Å². The van der Waals surface area contributed by atoms with Crippen LogP contribution in [-0.4, -0.2) is 47.9 Å². The van der Waals surface area contributed by atoms with Crippen molar-refractivity contribution < 1.29 is 14.3 Å². The molecule has 0 atom stereocenters. The molecule has 1 amide bonds. The van der Waals surface area contributed by atoms with E-state index in [1.807, 2.05) is 67.1 Å². The maximum Gasteiger partial charge on any atom is 0.225 e. The summed E-state index contributed by atoms with van der Waals surface area (Å²) in [6, 6.07) is 15.8. The first-order valence-corrected chi connectivity index (χ1v) is 10.8. The van der Waals surface area contributed by atoms with Gasteiger partial charge in [0.05, 0.1) is 37.0 Å². The lowest BCUT2D eigenvalue weighted by Gasteiger charge is -2.21. The van der Waals surface area contributed by atoms with Gasteiger partial charge in [-0.15, -0.1) is 0 Å². The van der Waals surface area contributed by atoms with E-state index in [2.05, 4.69) is 22.2 Å². The van der Waals surface area contributed by atoms with Crippen LogP contribution in [-0.2, 0) is 11.3 Å². The van der Waals surface area contributed by atoms with Gasteiger partial charge in [-0.05, 0) is 50.2 Å². The van der Waals surface area contributed by atoms with Crippen molar-refractivity contribution in [1.29, 1.82) is 0 Å². The number of anilines is 1. The molecule has 0 aliphatic carbocycles. The number of para-hydroxylation sites is 1. The van der Waals surface area contributed by atoms with Gasteiger partial charge in [0.1, 0.15) is 0 Å². The van der Waals surface area contributed by atoms with E-state index in [4.69, 9.17) is 9.47 Å². The second-order valence-corrected chi connectivity index (χ2v) is 7.65. The van der Waals surface area contributed by atoms with Crippen molar-refractivity contribution in [2.45, 2.75) is 33.7 Å². The Morgan fingerprint density at radius 1 is 1.06 bits per heavy atom. The molecule has 7 heteroatoms. The fourth-order valence-corrected chi connectivity index (χ4v) is 3.69. The molecule has 3 aromatic rings. The number of aromatic nitrogens is 2. The Kier molecular flexibility index (Phi) is 7.89. The van der Waals surface area contributed by atoms with E-state index in [0.29, 0.717) is 24.5 Å². The van der Waals surface area contributed by atoms with Gasteiger partial charge < -0.3 is 14.8 Å². The van der Waals surface area contributed by atoms with Crippen molar-refractivity contribution in [1.82, 2.24) is 14.7 Å². The molecule has 2 aromatic carbocycles. The molecule has 7 nitrogen and oxygen atoms in total. The second kappa shape index (κ2) is 10.8. The number of nitrogens with one attached hydrogen (secondary N) is 1. The third-order valence-corrected chi connectivity index (χ3v) is 5.51. The summed E-state index contributed by atoms with van der Waals surface area (Å²) < 4.78 is 12.6. The lowest BCUT2D eigenvalue weighted by atomic mass is 10.2. The molecular weight excluding hydrogens is 404 g/mol. The standard InChI is InChI=1S/C25H32N4O3/c1-6-28(17-20-12-13-22(31-4)23(16-20)32-5)15-14-24(30)26-25-18(2)27-29(19(25)3)21-10-8-7-9-11-21/h7-13,16H,6,14-15,17H2,1-5H3,(H,26,30). The molecule has 0 saturated carbocycles. The van der Waals surface area contributed by atoms with Crippen molar-refractivity contribution >= 4 is 11.6 Å². The van der Waals surface area contributed by atoms with Crippen LogP contribution < -0.4 is 14.8 Å². The van der Waals surface area contributed by atoms with E-state index in [0.717, 1.165) is 41.4 Å². The number of nitrogens with zero attached hydrogens (tertiary/aromatic N) is 3. The smallest absolute Gasteiger partial charge is 0.225 e. The molecule has 0 aliphatic rings. The zero-order valence-corrected chi connectivity index (χ0v) is 19.5. The van der Waals surface area contributed by atoms with Crippen LogP contribution in [0.1, 0.15) is 30.3 Å². The van der Waals surface area contributed by atoms with Crippen molar-refractivity contribution in [2.75, 3.05) is 32.6 Å². The topological polar surface area (TPSA) is 68.6 Å². The highest BCUT2D eigenvalue weighted by Gasteiger charge is 2.16. The third kappa shape index (κ3) is 5.48. The monoisotopic (exact) mass is 436 g/mol. The quantitative estimate of drug-likeness (QED) is 0.512. The van der Waals surface area contributed by atoms with Crippen LogP contribution in [0.3, 0.4) is 0 Å². The summed E-state index contributed by atoms with van der Waals surface area (Å²) in [6.07, 6.45) is 0.399. The molecule has 0 radical (unpaired) electrons. The SMILES string of the molecule is CCN(CCC(=O)Nc1c(C)nn(-c2ccccc2)c1C)Cc1ccc(OC)c(OC)c1. The predicted molar refractivity (Wildman–Crippen MR) is 127 cm³/mol. The molecule has 32 heavy (non-hydrogen) atoms. The number of hydrogen-bond acceptors (Lipinski definition) is 5. The number of hydrogen-bond donors (Lipinski definition) is 1. The average molecular weight is 437 g/mol. The highest BCUT2D eigenvalue weighted by Crippen LogP contribution is 2.28. The number of aryl methyl sites for hydroxylation is 1. The van der Waals surface area contributed by atoms with Crippen LogP contribution >= 0.6 is 0 Å². The molecule has 0 unspecified atom stereocenters. The van der Waals surface area contributed by atoms with Crippen molar-refractivity contribution in [3.63, 3.8) is 0 Å². The Bertz CT molecular complexity index is 1050. The Morgan fingerprint density at radius 3 is 2.44 bits per heavy atom. The van der Waals surface area contributed by atoms with E-state index in [1.165, 1.54) is 0 Å². The number of methoxy groups -OCH3 is 2. The molecule has 1 N–H and O–H groups in total. The number of amides is 1. The highest BCUT2D eigenvalue weighted by atomic mass is 16.5. The Morgan fingerprint density at radius 2 is 1.78 bits per heavy atom. The van der Waals surface area contributed by atoms with E-state index < -0.39 is 0 Å². The fourth-order valence-electron chi connectivity index (χ4n) is 3.69. The second-order valence-electron chi connectivity index (χ2n) is 7.65. The Labute approximate surface area is 190 Å².